The summed E-state index contributed by atoms with van der Waals surface area (Å²) < 4.78 is 46.8. The van der Waals surface area contributed by atoms with E-state index in [0.717, 1.165) is 5.56 Å². The van der Waals surface area contributed by atoms with E-state index in [1.807, 2.05) is 45.9 Å². The number of ether oxygens (including phenoxy) is 8. The van der Waals surface area contributed by atoms with Crippen LogP contribution in [0.5, 0.6) is 11.5 Å². The van der Waals surface area contributed by atoms with Gasteiger partial charge < -0.3 is 37.9 Å². The van der Waals surface area contributed by atoms with Crippen molar-refractivity contribution in [2.45, 2.75) is 76.9 Å². The molecule has 170 valence electrons. The lowest BCUT2D eigenvalue weighted by Crippen LogP contribution is -2.63. The van der Waals surface area contributed by atoms with Gasteiger partial charge in [0, 0.05) is 33.0 Å². The van der Waals surface area contributed by atoms with Gasteiger partial charge in [-0.2, -0.15) is 0 Å². The van der Waals surface area contributed by atoms with Crippen LogP contribution in [0.2, 0.25) is 0 Å². The Hall–Kier alpha value is -1.42. The monoisotopic (exact) mass is 426 g/mol. The van der Waals surface area contributed by atoms with Gasteiger partial charge in [0.2, 0.25) is 0 Å². The van der Waals surface area contributed by atoms with E-state index in [1.54, 1.807) is 21.3 Å². The molecular formula is C22H34O8. The van der Waals surface area contributed by atoms with Gasteiger partial charge in [0.25, 0.3) is 0 Å². The highest BCUT2D eigenvalue weighted by molar-refractivity contribution is 5.39. The molecule has 3 rings (SSSR count). The molecule has 2 heterocycles. The van der Waals surface area contributed by atoms with Crippen molar-refractivity contribution in [2.24, 2.45) is 0 Å². The minimum absolute atomic E-state index is 0.0303. The quantitative estimate of drug-likeness (QED) is 0.628. The van der Waals surface area contributed by atoms with Crippen molar-refractivity contribution >= 4 is 0 Å². The SMILES string of the molecule is CO[C@@H]1O[C@H]2CO[C@H](c3cc(OC(C)C)cc(OC(C)C)c3)O[C@@H]2[C@@H](OC)[C@@H]1OC. The fourth-order valence-electron chi connectivity index (χ4n) is 3.83. The lowest BCUT2D eigenvalue weighted by atomic mass is 9.97. The maximum atomic E-state index is 6.31. The third-order valence-corrected chi connectivity index (χ3v) is 4.98. The van der Waals surface area contributed by atoms with Crippen molar-refractivity contribution in [1.82, 2.24) is 0 Å². The molecule has 0 N–H and O–H groups in total. The number of hydrogen-bond acceptors (Lipinski definition) is 8. The third-order valence-electron chi connectivity index (χ3n) is 4.98. The van der Waals surface area contributed by atoms with Crippen molar-refractivity contribution in [3.8, 4) is 11.5 Å². The zero-order valence-corrected chi connectivity index (χ0v) is 18.8. The fraction of sp³-hybridized carbons (Fsp3) is 0.727. The van der Waals surface area contributed by atoms with E-state index in [0.29, 0.717) is 18.1 Å². The van der Waals surface area contributed by atoms with Gasteiger partial charge in [-0.3, -0.25) is 0 Å². The van der Waals surface area contributed by atoms with Crippen molar-refractivity contribution in [3.63, 3.8) is 0 Å². The van der Waals surface area contributed by atoms with E-state index < -0.39 is 18.7 Å². The van der Waals surface area contributed by atoms with Gasteiger partial charge in [-0.15, -0.1) is 0 Å². The predicted molar refractivity (Wildman–Crippen MR) is 109 cm³/mol. The Morgan fingerprint density at radius 3 is 1.90 bits per heavy atom. The highest BCUT2D eigenvalue weighted by Crippen LogP contribution is 2.38. The summed E-state index contributed by atoms with van der Waals surface area (Å²) in [5.74, 6) is 1.40. The lowest BCUT2D eigenvalue weighted by molar-refractivity contribution is -0.363. The maximum absolute atomic E-state index is 6.31. The molecule has 8 heteroatoms. The van der Waals surface area contributed by atoms with Gasteiger partial charge in [0.15, 0.2) is 12.6 Å². The fourth-order valence-corrected chi connectivity index (χ4v) is 3.83. The zero-order chi connectivity index (χ0) is 21.8. The van der Waals surface area contributed by atoms with E-state index in [2.05, 4.69) is 0 Å². The van der Waals surface area contributed by atoms with Gasteiger partial charge in [0.05, 0.1) is 18.8 Å². The molecule has 0 spiro atoms. The topological polar surface area (TPSA) is 73.8 Å². The first kappa shape index (κ1) is 23.2. The number of methoxy groups -OCH3 is 3. The normalized spacial score (nSPS) is 31.6. The summed E-state index contributed by atoms with van der Waals surface area (Å²) in [6, 6.07) is 5.70. The third kappa shape index (κ3) is 5.25. The van der Waals surface area contributed by atoms with Crippen molar-refractivity contribution in [1.29, 1.82) is 0 Å². The summed E-state index contributed by atoms with van der Waals surface area (Å²) in [5.41, 5.74) is 0.805. The Morgan fingerprint density at radius 2 is 1.40 bits per heavy atom. The minimum Gasteiger partial charge on any atom is -0.491 e. The molecular weight excluding hydrogens is 392 g/mol. The molecule has 0 aromatic heterocycles. The Labute approximate surface area is 178 Å². The summed E-state index contributed by atoms with van der Waals surface area (Å²) in [6.07, 6.45) is -2.61. The average Bonchev–Trinajstić information content (AvgIpc) is 2.70. The molecule has 2 aliphatic rings. The highest BCUT2D eigenvalue weighted by Gasteiger charge is 2.50. The minimum atomic E-state index is -0.616. The molecule has 0 aliphatic carbocycles. The molecule has 0 saturated carbocycles. The number of fused-ring (bicyclic) bond motifs is 1. The van der Waals surface area contributed by atoms with Crippen LogP contribution in [-0.2, 0) is 28.4 Å². The van der Waals surface area contributed by atoms with Crippen LogP contribution in [0.1, 0.15) is 39.5 Å². The second-order valence-corrected chi connectivity index (χ2v) is 8.02. The highest BCUT2D eigenvalue weighted by atomic mass is 16.8. The Morgan fingerprint density at radius 1 is 0.800 bits per heavy atom. The van der Waals surface area contributed by atoms with Gasteiger partial charge in [-0.1, -0.05) is 0 Å². The van der Waals surface area contributed by atoms with Crippen LogP contribution in [-0.4, -0.2) is 70.9 Å². The first-order valence-corrected chi connectivity index (χ1v) is 10.4. The van der Waals surface area contributed by atoms with E-state index in [1.165, 1.54) is 0 Å². The first-order valence-electron chi connectivity index (χ1n) is 10.4. The van der Waals surface area contributed by atoms with Gasteiger partial charge >= 0.3 is 0 Å². The molecule has 0 unspecified atom stereocenters. The molecule has 1 aromatic carbocycles. The van der Waals surface area contributed by atoms with Gasteiger partial charge in [-0.05, 0) is 39.8 Å². The molecule has 0 amide bonds. The van der Waals surface area contributed by atoms with Crippen LogP contribution in [0.3, 0.4) is 0 Å². The number of rotatable bonds is 8. The number of benzene rings is 1. The molecule has 2 saturated heterocycles. The van der Waals surface area contributed by atoms with Crippen molar-refractivity contribution in [3.05, 3.63) is 23.8 Å². The van der Waals surface area contributed by atoms with Gasteiger partial charge in [-0.25, -0.2) is 0 Å². The largest absolute Gasteiger partial charge is 0.491 e. The molecule has 0 radical (unpaired) electrons. The number of hydrogen-bond donors (Lipinski definition) is 0. The van der Waals surface area contributed by atoms with E-state index in [-0.39, 0.29) is 30.5 Å². The second-order valence-electron chi connectivity index (χ2n) is 8.02. The van der Waals surface area contributed by atoms with Crippen molar-refractivity contribution in [2.75, 3.05) is 27.9 Å². The van der Waals surface area contributed by atoms with E-state index in [4.69, 9.17) is 37.9 Å². The molecule has 6 atom stereocenters. The average molecular weight is 427 g/mol. The lowest BCUT2D eigenvalue weighted by Gasteiger charge is -2.48. The smallest absolute Gasteiger partial charge is 0.186 e. The summed E-state index contributed by atoms with van der Waals surface area (Å²) >= 11 is 0. The Balaban J connectivity index is 1.85. The predicted octanol–water partition coefficient (Wildman–Crippen LogP) is 3.08. The van der Waals surface area contributed by atoms with Crippen LogP contribution >= 0.6 is 0 Å². The van der Waals surface area contributed by atoms with E-state index >= 15 is 0 Å². The molecule has 8 nitrogen and oxygen atoms in total. The van der Waals surface area contributed by atoms with E-state index in [9.17, 15) is 0 Å². The van der Waals surface area contributed by atoms with Gasteiger partial charge in [0.1, 0.15) is 35.9 Å². The standard InChI is InChI=1S/C22H34O8/c1-12(2)27-15-8-14(9-16(10-15)28-13(3)4)21-26-11-17-18(30-21)19(23-5)20(24-6)22(25-7)29-17/h8-10,12-13,17-22H,11H2,1-7H3/t17-,18-,19+,20-,21-,22+/m0/s1. The Kier molecular flexibility index (Phi) is 7.95. The van der Waals surface area contributed by atoms with Crippen molar-refractivity contribution < 1.29 is 37.9 Å². The van der Waals surface area contributed by atoms with Crippen LogP contribution < -0.4 is 9.47 Å². The zero-order valence-electron chi connectivity index (χ0n) is 18.8. The molecule has 0 bridgehead atoms. The van der Waals surface area contributed by atoms with Crippen LogP contribution in [0.15, 0.2) is 18.2 Å². The molecule has 1 aromatic rings. The molecule has 30 heavy (non-hydrogen) atoms. The van der Waals surface area contributed by atoms with Crippen LogP contribution in [0.4, 0.5) is 0 Å². The van der Waals surface area contributed by atoms with Crippen LogP contribution in [0, 0.1) is 0 Å². The summed E-state index contributed by atoms with van der Waals surface area (Å²) in [7, 11) is 4.81. The maximum Gasteiger partial charge on any atom is 0.186 e. The molecule has 2 fully saturated rings. The molecule has 2 aliphatic heterocycles. The Bertz CT molecular complexity index is 651. The summed E-state index contributed by atoms with van der Waals surface area (Å²) in [4.78, 5) is 0. The summed E-state index contributed by atoms with van der Waals surface area (Å²) in [6.45, 7) is 8.25. The summed E-state index contributed by atoms with van der Waals surface area (Å²) in [5, 5.41) is 0. The van der Waals surface area contributed by atoms with Crippen LogP contribution in [0.25, 0.3) is 0 Å². The second kappa shape index (κ2) is 10.3. The first-order chi connectivity index (χ1) is 14.4.